The lowest BCUT2D eigenvalue weighted by molar-refractivity contribution is 0.118. The summed E-state index contributed by atoms with van der Waals surface area (Å²) in [6, 6.07) is 17.4. The quantitative estimate of drug-likeness (QED) is 0.856. The van der Waals surface area contributed by atoms with Crippen molar-refractivity contribution in [1.29, 1.82) is 0 Å². The highest BCUT2D eigenvalue weighted by Crippen LogP contribution is 2.45. The monoisotopic (exact) mass is 308 g/mol. The van der Waals surface area contributed by atoms with Gasteiger partial charge >= 0.3 is 0 Å². The Morgan fingerprint density at radius 1 is 1.13 bits per heavy atom. The SMILES string of the molecule is COc1ccc2c(c1)C1CCN(Cc3ccccc3)C(C1)N2C. The molecule has 1 saturated heterocycles. The van der Waals surface area contributed by atoms with E-state index in [4.69, 9.17) is 4.74 Å². The summed E-state index contributed by atoms with van der Waals surface area (Å²) in [5.74, 6) is 1.63. The van der Waals surface area contributed by atoms with Crippen molar-refractivity contribution in [2.45, 2.75) is 31.5 Å². The van der Waals surface area contributed by atoms with E-state index in [0.29, 0.717) is 12.1 Å². The van der Waals surface area contributed by atoms with Gasteiger partial charge < -0.3 is 9.64 Å². The van der Waals surface area contributed by atoms with E-state index < -0.39 is 0 Å². The van der Waals surface area contributed by atoms with E-state index in [0.717, 1.165) is 18.8 Å². The number of rotatable bonds is 3. The second-order valence-electron chi connectivity index (χ2n) is 6.69. The molecule has 0 saturated carbocycles. The number of hydrogen-bond donors (Lipinski definition) is 0. The number of ether oxygens (including phenoxy) is 1. The van der Waals surface area contributed by atoms with Gasteiger partial charge in [0.05, 0.1) is 13.3 Å². The van der Waals surface area contributed by atoms with Crippen molar-refractivity contribution in [1.82, 2.24) is 4.90 Å². The van der Waals surface area contributed by atoms with Crippen LogP contribution in [0.3, 0.4) is 0 Å². The van der Waals surface area contributed by atoms with Crippen molar-refractivity contribution in [3.8, 4) is 5.75 Å². The number of fused-ring (bicyclic) bond motifs is 4. The van der Waals surface area contributed by atoms with Crippen molar-refractivity contribution >= 4 is 5.69 Å². The minimum Gasteiger partial charge on any atom is -0.497 e. The van der Waals surface area contributed by atoms with E-state index in [1.807, 2.05) is 0 Å². The molecular formula is C20H24N2O. The van der Waals surface area contributed by atoms with Gasteiger partial charge in [0.2, 0.25) is 0 Å². The van der Waals surface area contributed by atoms with Gasteiger partial charge in [0.25, 0.3) is 0 Å². The predicted octanol–water partition coefficient (Wildman–Crippen LogP) is 3.85. The normalized spacial score (nSPS) is 23.5. The van der Waals surface area contributed by atoms with Crippen LogP contribution in [0.2, 0.25) is 0 Å². The molecule has 120 valence electrons. The molecule has 0 spiro atoms. The third-order valence-corrected chi connectivity index (χ3v) is 5.41. The summed E-state index contributed by atoms with van der Waals surface area (Å²) in [5.41, 5.74) is 4.23. The van der Waals surface area contributed by atoms with Gasteiger partial charge in [0.15, 0.2) is 0 Å². The lowest BCUT2D eigenvalue weighted by Crippen LogP contribution is -2.53. The van der Waals surface area contributed by atoms with E-state index in [1.54, 1.807) is 7.11 Å². The van der Waals surface area contributed by atoms with Crippen LogP contribution in [0, 0.1) is 0 Å². The molecule has 0 aromatic heterocycles. The first-order valence-corrected chi connectivity index (χ1v) is 8.45. The molecule has 2 heterocycles. The van der Waals surface area contributed by atoms with Gasteiger partial charge in [-0.3, -0.25) is 4.90 Å². The Balaban J connectivity index is 1.61. The Hall–Kier alpha value is -2.00. The van der Waals surface area contributed by atoms with Gasteiger partial charge in [-0.05, 0) is 48.1 Å². The summed E-state index contributed by atoms with van der Waals surface area (Å²) < 4.78 is 5.42. The molecule has 4 rings (SSSR count). The smallest absolute Gasteiger partial charge is 0.119 e. The minimum absolute atomic E-state index is 0.495. The highest BCUT2D eigenvalue weighted by molar-refractivity contribution is 5.60. The molecule has 0 radical (unpaired) electrons. The maximum absolute atomic E-state index is 5.42. The second-order valence-corrected chi connectivity index (χ2v) is 6.69. The molecule has 2 unspecified atom stereocenters. The Labute approximate surface area is 138 Å². The fraction of sp³-hybridized carbons (Fsp3) is 0.400. The number of anilines is 1. The minimum atomic E-state index is 0.495. The van der Waals surface area contributed by atoms with Crippen LogP contribution in [0.25, 0.3) is 0 Å². The molecule has 0 amide bonds. The molecule has 2 aliphatic rings. The average molecular weight is 308 g/mol. The van der Waals surface area contributed by atoms with E-state index in [-0.39, 0.29) is 0 Å². The number of piperidine rings is 1. The number of likely N-dealkylation sites (tertiary alicyclic amines) is 1. The standard InChI is InChI=1S/C20H24N2O/c1-21-19-9-8-17(23-2)13-18(19)16-10-11-22(20(21)12-16)14-15-6-4-3-5-7-15/h3-9,13,16,20H,10-12,14H2,1-2H3. The summed E-state index contributed by atoms with van der Waals surface area (Å²) in [5, 5.41) is 0. The molecule has 2 aromatic rings. The average Bonchev–Trinajstić information content (AvgIpc) is 2.61. The summed E-state index contributed by atoms with van der Waals surface area (Å²) in [6.45, 7) is 2.19. The van der Waals surface area contributed by atoms with Crippen LogP contribution in [0.1, 0.15) is 29.9 Å². The molecule has 23 heavy (non-hydrogen) atoms. The molecule has 0 aliphatic carbocycles. The molecule has 2 atom stereocenters. The predicted molar refractivity (Wildman–Crippen MR) is 94.0 cm³/mol. The van der Waals surface area contributed by atoms with Crippen LogP contribution in [0.4, 0.5) is 5.69 Å². The topological polar surface area (TPSA) is 15.7 Å². The molecule has 3 heteroatoms. The van der Waals surface area contributed by atoms with E-state index in [2.05, 4.69) is 65.4 Å². The van der Waals surface area contributed by atoms with Crippen LogP contribution in [0.15, 0.2) is 48.5 Å². The van der Waals surface area contributed by atoms with Gasteiger partial charge in [-0.15, -0.1) is 0 Å². The highest BCUT2D eigenvalue weighted by Gasteiger charge is 2.38. The Morgan fingerprint density at radius 3 is 2.74 bits per heavy atom. The Kier molecular flexibility index (Phi) is 3.74. The largest absolute Gasteiger partial charge is 0.497 e. The van der Waals surface area contributed by atoms with Crippen LogP contribution in [-0.2, 0) is 6.54 Å². The van der Waals surface area contributed by atoms with E-state index in [1.165, 1.54) is 29.7 Å². The summed E-state index contributed by atoms with van der Waals surface area (Å²) in [6.07, 6.45) is 2.94. The van der Waals surface area contributed by atoms with Crippen LogP contribution >= 0.6 is 0 Å². The van der Waals surface area contributed by atoms with Gasteiger partial charge in [0.1, 0.15) is 5.75 Å². The fourth-order valence-electron chi connectivity index (χ4n) is 4.15. The van der Waals surface area contributed by atoms with E-state index >= 15 is 0 Å². The molecule has 2 aliphatic heterocycles. The third kappa shape index (κ3) is 2.59. The number of benzene rings is 2. The third-order valence-electron chi connectivity index (χ3n) is 5.41. The van der Waals surface area contributed by atoms with Crippen molar-refractivity contribution in [2.75, 3.05) is 25.6 Å². The molecule has 3 nitrogen and oxygen atoms in total. The van der Waals surface area contributed by atoms with Crippen LogP contribution in [-0.4, -0.2) is 31.8 Å². The maximum atomic E-state index is 5.42. The summed E-state index contributed by atoms with van der Waals surface area (Å²) in [4.78, 5) is 5.08. The Morgan fingerprint density at radius 2 is 1.96 bits per heavy atom. The molecular weight excluding hydrogens is 284 g/mol. The highest BCUT2D eigenvalue weighted by atomic mass is 16.5. The summed E-state index contributed by atoms with van der Waals surface area (Å²) in [7, 11) is 3.98. The van der Waals surface area contributed by atoms with Gasteiger partial charge in [-0.2, -0.15) is 0 Å². The first-order chi connectivity index (χ1) is 11.3. The van der Waals surface area contributed by atoms with Crippen molar-refractivity contribution < 1.29 is 4.74 Å². The fourth-order valence-corrected chi connectivity index (χ4v) is 4.15. The maximum Gasteiger partial charge on any atom is 0.119 e. The van der Waals surface area contributed by atoms with Crippen molar-refractivity contribution in [3.05, 3.63) is 59.7 Å². The van der Waals surface area contributed by atoms with Crippen molar-refractivity contribution in [3.63, 3.8) is 0 Å². The van der Waals surface area contributed by atoms with Gasteiger partial charge in [-0.1, -0.05) is 30.3 Å². The lowest BCUT2D eigenvalue weighted by atomic mass is 9.82. The first-order valence-electron chi connectivity index (χ1n) is 8.45. The van der Waals surface area contributed by atoms with Crippen molar-refractivity contribution in [2.24, 2.45) is 0 Å². The molecule has 2 bridgehead atoms. The molecule has 2 aromatic carbocycles. The number of methoxy groups -OCH3 is 1. The van der Waals surface area contributed by atoms with Crippen LogP contribution < -0.4 is 9.64 Å². The van der Waals surface area contributed by atoms with Gasteiger partial charge in [0, 0.05) is 25.8 Å². The zero-order chi connectivity index (χ0) is 15.8. The first kappa shape index (κ1) is 14.6. The van der Waals surface area contributed by atoms with Crippen LogP contribution in [0.5, 0.6) is 5.75 Å². The Bertz CT molecular complexity index is 685. The second kappa shape index (κ2) is 5.89. The number of nitrogens with zero attached hydrogens (tertiary/aromatic N) is 2. The lowest BCUT2D eigenvalue weighted by Gasteiger charge is -2.49. The molecule has 1 fully saturated rings. The van der Waals surface area contributed by atoms with Gasteiger partial charge in [-0.25, -0.2) is 0 Å². The zero-order valence-corrected chi connectivity index (χ0v) is 13.9. The van der Waals surface area contributed by atoms with E-state index in [9.17, 15) is 0 Å². The molecule has 0 N–H and O–H groups in total. The number of hydrogen-bond acceptors (Lipinski definition) is 3. The summed E-state index contributed by atoms with van der Waals surface area (Å²) >= 11 is 0. The zero-order valence-electron chi connectivity index (χ0n) is 13.9.